The van der Waals surface area contributed by atoms with Gasteiger partial charge in [0.1, 0.15) is 0 Å². The molecule has 0 bridgehead atoms. The first-order valence-electron chi connectivity index (χ1n) is 3.77. The number of nitrogens with one attached hydrogen (secondary N) is 1. The van der Waals surface area contributed by atoms with E-state index >= 15 is 0 Å². The molecule has 0 aromatic heterocycles. The minimum atomic E-state index is -0.898. The molecule has 0 saturated carbocycles. The van der Waals surface area contributed by atoms with Gasteiger partial charge in [-0.1, -0.05) is 0 Å². The van der Waals surface area contributed by atoms with Gasteiger partial charge < -0.3 is 21.9 Å². The summed E-state index contributed by atoms with van der Waals surface area (Å²) in [5, 5.41) is 12.5. The molecule has 0 aromatic rings. The topological polar surface area (TPSA) is 85.9 Å². The van der Waals surface area contributed by atoms with Gasteiger partial charge in [0, 0.05) is 24.9 Å². The number of hydrogen-bond acceptors (Lipinski definition) is 3. The maximum Gasteiger partial charge on any atom is 0.194 e. The molecule has 0 rings (SSSR count). The van der Waals surface area contributed by atoms with Crippen LogP contribution in [0.15, 0.2) is 23.7 Å². The van der Waals surface area contributed by atoms with Crippen LogP contribution in [0.3, 0.4) is 0 Å². The molecule has 4 heteroatoms. The summed E-state index contributed by atoms with van der Waals surface area (Å²) in [6, 6.07) is 0. The van der Waals surface area contributed by atoms with Crippen LogP contribution in [0, 0.1) is 0 Å². The third kappa shape index (κ3) is 4.00. The van der Waals surface area contributed by atoms with E-state index in [0.717, 1.165) is 0 Å². The average molecular weight is 172 g/mol. The first-order valence-corrected chi connectivity index (χ1v) is 3.77. The van der Waals surface area contributed by atoms with Crippen LogP contribution in [-0.2, 0) is 0 Å². The lowest BCUT2D eigenvalue weighted by Crippen LogP contribution is -2.52. The zero-order chi connectivity index (χ0) is 9.78. The van der Waals surface area contributed by atoms with Gasteiger partial charge in [0.15, 0.2) is 5.82 Å². The highest BCUT2D eigenvalue weighted by molar-refractivity contribution is 5.26. The third-order valence-corrected chi connectivity index (χ3v) is 1.35. The van der Waals surface area contributed by atoms with Crippen LogP contribution in [0.4, 0.5) is 0 Å². The largest absolute Gasteiger partial charge is 0.394 e. The predicted molar refractivity (Wildman–Crippen MR) is 48.6 cm³/mol. The van der Waals surface area contributed by atoms with Gasteiger partial charge in [-0.05, 0) is 13.8 Å². The van der Waals surface area contributed by atoms with Crippen LogP contribution in [0.2, 0.25) is 0 Å². The number of hydrogen-bond donors (Lipinski definition) is 4. The van der Waals surface area contributed by atoms with E-state index < -0.39 is 5.60 Å². The van der Waals surface area contributed by atoms with Crippen molar-refractivity contribution in [3.05, 3.63) is 23.7 Å². The fraction of sp³-hybridized carbons (Fsp3) is 0.500. The zero-order valence-electron chi connectivity index (χ0n) is 7.89. The molecule has 0 amide bonds. The maximum absolute atomic E-state index is 9.62. The van der Waals surface area contributed by atoms with E-state index in [9.17, 15) is 5.11 Å². The molecule has 0 spiro atoms. The van der Waals surface area contributed by atoms with E-state index in [2.05, 4.69) is 11.1 Å². The van der Waals surface area contributed by atoms with E-state index in [1.165, 1.54) is 0 Å². The van der Waals surface area contributed by atoms with Crippen LogP contribution in [0.5, 0.6) is 0 Å². The Kier molecular flexibility index (Phi) is 3.79. The smallest absolute Gasteiger partial charge is 0.194 e. The lowest BCUT2D eigenvalue weighted by Gasteiger charge is -2.18. The quantitative estimate of drug-likeness (QED) is 0.408. The monoisotopic (exact) mass is 172 g/mol. The number of aliphatic hydroxyl groups is 1. The molecule has 0 radical (unpaired) electrons. The summed E-state index contributed by atoms with van der Waals surface area (Å²) in [5.74, 6) is 0.429. The Balaban J connectivity index is 4.70. The summed E-state index contributed by atoms with van der Waals surface area (Å²) in [5.41, 5.74) is 8.73. The molecule has 0 aromatic carbocycles. The summed E-state index contributed by atoms with van der Waals surface area (Å²) in [6.07, 6.45) is 3.33. The standard InChI is InChI=1S/C8H17N3O/c1-8(2,12)6(5-11-3)4-7(9)10/h4-5,11-12H,9-10H2,1-3H3/p+1/b6-5+. The SMILES string of the molecule is CN/C=C(\C=C(\N)[NH3+])C(C)(C)O. The van der Waals surface area contributed by atoms with Gasteiger partial charge in [-0.3, -0.25) is 0 Å². The molecule has 0 aliphatic rings. The van der Waals surface area contributed by atoms with Crippen LogP contribution in [-0.4, -0.2) is 17.8 Å². The summed E-state index contributed by atoms with van der Waals surface area (Å²) in [6.45, 7) is 3.38. The van der Waals surface area contributed by atoms with Crippen molar-refractivity contribution < 1.29 is 10.8 Å². The fourth-order valence-electron chi connectivity index (χ4n) is 0.750. The van der Waals surface area contributed by atoms with Gasteiger partial charge in [0.2, 0.25) is 0 Å². The minimum Gasteiger partial charge on any atom is -0.394 e. The van der Waals surface area contributed by atoms with Crippen molar-refractivity contribution in [2.75, 3.05) is 7.05 Å². The van der Waals surface area contributed by atoms with E-state index in [4.69, 9.17) is 5.73 Å². The summed E-state index contributed by atoms with van der Waals surface area (Å²) in [4.78, 5) is 0. The maximum atomic E-state index is 9.62. The van der Waals surface area contributed by atoms with Crippen LogP contribution >= 0.6 is 0 Å². The Hall–Kier alpha value is -1.00. The Labute approximate surface area is 72.9 Å². The molecule has 0 aliphatic carbocycles. The Morgan fingerprint density at radius 2 is 2.08 bits per heavy atom. The molecule has 0 aliphatic heterocycles. The molecule has 7 N–H and O–H groups in total. The van der Waals surface area contributed by atoms with Crippen molar-refractivity contribution in [3.8, 4) is 0 Å². The second kappa shape index (κ2) is 4.13. The van der Waals surface area contributed by atoms with Gasteiger partial charge in [0.05, 0.1) is 5.60 Å². The first-order chi connectivity index (χ1) is 5.38. The molecule has 0 atom stereocenters. The van der Waals surface area contributed by atoms with Crippen molar-refractivity contribution >= 4 is 0 Å². The van der Waals surface area contributed by atoms with E-state index in [-0.39, 0.29) is 0 Å². The van der Waals surface area contributed by atoms with Crippen LogP contribution < -0.4 is 16.8 Å². The molecule has 4 nitrogen and oxygen atoms in total. The van der Waals surface area contributed by atoms with Crippen LogP contribution in [0.1, 0.15) is 13.8 Å². The van der Waals surface area contributed by atoms with Gasteiger partial charge >= 0.3 is 0 Å². The van der Waals surface area contributed by atoms with E-state index in [1.807, 2.05) is 0 Å². The molecule has 0 fully saturated rings. The molecule has 70 valence electrons. The second-order valence-corrected chi connectivity index (χ2v) is 3.17. The summed E-state index contributed by atoms with van der Waals surface area (Å²) < 4.78 is 0. The van der Waals surface area contributed by atoms with Gasteiger partial charge in [-0.2, -0.15) is 0 Å². The minimum absolute atomic E-state index is 0.429. The van der Waals surface area contributed by atoms with Crippen molar-refractivity contribution in [1.82, 2.24) is 5.32 Å². The molecule has 12 heavy (non-hydrogen) atoms. The molecule has 0 saturated heterocycles. The number of nitrogens with two attached hydrogens (primary N) is 1. The normalized spacial score (nSPS) is 14.8. The molecular formula is C8H18N3O+. The Bertz CT molecular complexity index is 197. The second-order valence-electron chi connectivity index (χ2n) is 3.17. The van der Waals surface area contributed by atoms with Crippen molar-refractivity contribution in [2.24, 2.45) is 5.73 Å². The lowest BCUT2D eigenvalue weighted by molar-refractivity contribution is -0.304. The van der Waals surface area contributed by atoms with E-state index in [0.29, 0.717) is 11.4 Å². The first kappa shape index (κ1) is 11.0. The average Bonchev–Trinajstić information content (AvgIpc) is 1.83. The Morgan fingerprint density at radius 3 is 2.33 bits per heavy atom. The highest BCUT2D eigenvalue weighted by atomic mass is 16.3. The highest BCUT2D eigenvalue weighted by Crippen LogP contribution is 2.15. The van der Waals surface area contributed by atoms with E-state index in [1.54, 1.807) is 33.2 Å². The number of rotatable bonds is 3. The third-order valence-electron chi connectivity index (χ3n) is 1.35. The van der Waals surface area contributed by atoms with Gasteiger partial charge in [0.25, 0.3) is 0 Å². The highest BCUT2D eigenvalue weighted by Gasteiger charge is 2.17. The summed E-state index contributed by atoms with van der Waals surface area (Å²) in [7, 11) is 1.76. The van der Waals surface area contributed by atoms with Crippen molar-refractivity contribution in [2.45, 2.75) is 19.4 Å². The summed E-state index contributed by atoms with van der Waals surface area (Å²) >= 11 is 0. The fourth-order valence-corrected chi connectivity index (χ4v) is 0.750. The van der Waals surface area contributed by atoms with Gasteiger partial charge in [-0.25, -0.2) is 0 Å². The van der Waals surface area contributed by atoms with Crippen LogP contribution in [0.25, 0.3) is 0 Å². The lowest BCUT2D eigenvalue weighted by atomic mass is 9.99. The predicted octanol–water partition coefficient (Wildman–Crippen LogP) is -1.10. The Morgan fingerprint density at radius 1 is 1.58 bits per heavy atom. The van der Waals surface area contributed by atoms with Crippen molar-refractivity contribution in [1.29, 1.82) is 0 Å². The molecular weight excluding hydrogens is 154 g/mol. The molecule has 0 unspecified atom stereocenters. The zero-order valence-corrected chi connectivity index (χ0v) is 7.89. The molecule has 0 heterocycles. The van der Waals surface area contributed by atoms with Crippen molar-refractivity contribution in [3.63, 3.8) is 0 Å². The van der Waals surface area contributed by atoms with Gasteiger partial charge in [-0.15, -0.1) is 0 Å². The number of quaternary nitrogens is 1.